The fourth-order valence-corrected chi connectivity index (χ4v) is 9.54. The van der Waals surface area contributed by atoms with Crippen LogP contribution in [-0.2, 0) is 25.7 Å². The molecule has 12 heteroatoms. The number of nitrogens with zero attached hydrogens (tertiary/aromatic N) is 3. The van der Waals surface area contributed by atoms with Crippen molar-refractivity contribution in [1.82, 2.24) is 9.91 Å². The number of carbonyl (C=O) groups is 2. The standard InChI is InChI=1S/C50H44ClN3O8/c1-52-20-18-31-24-41(57-2)44-27-36(31)39(52)22-29-14-16-34(17-15-29)60-43-26-33-23-40-46-32(25-45(59-4)47(48(46)61-44)62-50(56)30-10-6-5-7-11-30)19-21-53(40)54(38(33)28-42(43)58-3)49(55)35-12-8-9-13-37(35)51/h5-17,24-28,39-40H,18-23H2,1-4H3/t39?,40-/m0/s1. The average Bonchev–Trinajstić information content (AvgIpc) is 3.29. The van der Waals surface area contributed by atoms with Crippen LogP contribution < -0.4 is 33.4 Å². The number of benzene rings is 6. The highest BCUT2D eigenvalue weighted by atomic mass is 35.5. The molecule has 6 aromatic rings. The summed E-state index contributed by atoms with van der Waals surface area (Å²) in [5, 5.41) is 4.06. The summed E-state index contributed by atoms with van der Waals surface area (Å²) in [6.45, 7) is 1.31. The molecule has 0 aromatic heterocycles. The minimum Gasteiger partial charge on any atom is -0.493 e. The molecular formula is C50H44ClN3O8. The zero-order valence-corrected chi connectivity index (χ0v) is 35.5. The third-order valence-electron chi connectivity index (χ3n) is 12.5. The van der Waals surface area contributed by atoms with Gasteiger partial charge in [0.05, 0.1) is 49.2 Å². The van der Waals surface area contributed by atoms with Crippen LogP contribution in [0.5, 0.6) is 46.0 Å². The molecule has 5 aliphatic heterocycles. The summed E-state index contributed by atoms with van der Waals surface area (Å²) < 4.78 is 38.3. The first-order valence-corrected chi connectivity index (χ1v) is 21.0. The van der Waals surface area contributed by atoms with Gasteiger partial charge in [-0.25, -0.2) is 14.8 Å². The molecule has 5 heterocycles. The number of hydrazine groups is 1. The number of ether oxygens (including phenoxy) is 6. The number of hydrogen-bond donors (Lipinski definition) is 0. The van der Waals surface area contributed by atoms with Crippen molar-refractivity contribution >= 4 is 29.2 Å². The van der Waals surface area contributed by atoms with E-state index < -0.39 is 12.0 Å². The first-order chi connectivity index (χ1) is 30.2. The number of anilines is 1. The minimum atomic E-state index is -0.584. The van der Waals surface area contributed by atoms with Gasteiger partial charge in [-0.15, -0.1) is 0 Å². The predicted molar refractivity (Wildman–Crippen MR) is 235 cm³/mol. The average molecular weight is 850 g/mol. The van der Waals surface area contributed by atoms with E-state index in [0.717, 1.165) is 47.2 Å². The number of hydrogen-bond acceptors (Lipinski definition) is 10. The molecule has 0 N–H and O–H groups in total. The summed E-state index contributed by atoms with van der Waals surface area (Å²) >= 11 is 6.76. The van der Waals surface area contributed by atoms with Gasteiger partial charge in [0.1, 0.15) is 5.75 Å². The zero-order chi connectivity index (χ0) is 42.6. The van der Waals surface area contributed by atoms with Gasteiger partial charge in [-0.2, -0.15) is 0 Å². The van der Waals surface area contributed by atoms with Crippen LogP contribution in [0, 0.1) is 0 Å². The van der Waals surface area contributed by atoms with Crippen LogP contribution in [0.15, 0.2) is 109 Å². The van der Waals surface area contributed by atoms with E-state index in [1.807, 2.05) is 41.4 Å². The monoisotopic (exact) mass is 849 g/mol. The van der Waals surface area contributed by atoms with Gasteiger partial charge in [0, 0.05) is 30.8 Å². The van der Waals surface area contributed by atoms with Gasteiger partial charge in [-0.1, -0.05) is 54.1 Å². The number of carbonyl (C=O) groups excluding carboxylic acids is 2. The number of fused-ring (bicyclic) bond motifs is 2. The molecule has 0 radical (unpaired) electrons. The number of amides is 1. The van der Waals surface area contributed by atoms with Crippen LogP contribution in [0.1, 0.15) is 66.2 Å². The molecule has 11 nitrogen and oxygen atoms in total. The Morgan fingerprint density at radius 2 is 1.39 bits per heavy atom. The first kappa shape index (κ1) is 39.6. The second-order valence-electron chi connectivity index (χ2n) is 15.9. The first-order valence-electron chi connectivity index (χ1n) is 20.7. The Morgan fingerprint density at radius 1 is 0.694 bits per heavy atom. The number of methoxy groups -OCH3 is 3. The Hall–Kier alpha value is -6.53. The van der Waals surface area contributed by atoms with E-state index >= 15 is 4.79 Å². The molecule has 0 fully saturated rings. The zero-order valence-electron chi connectivity index (χ0n) is 34.8. The smallest absolute Gasteiger partial charge is 0.343 e. The molecule has 5 aliphatic rings. The molecular weight excluding hydrogens is 806 g/mol. The van der Waals surface area contributed by atoms with Crippen LogP contribution in [0.3, 0.4) is 0 Å². The summed E-state index contributed by atoms with van der Waals surface area (Å²) in [6.07, 6.45) is 2.47. The van der Waals surface area contributed by atoms with Gasteiger partial charge in [0.2, 0.25) is 5.75 Å². The third-order valence-corrected chi connectivity index (χ3v) is 12.8. The Bertz CT molecular complexity index is 2740. The van der Waals surface area contributed by atoms with Crippen molar-refractivity contribution in [3.8, 4) is 46.0 Å². The summed E-state index contributed by atoms with van der Waals surface area (Å²) in [7, 11) is 6.91. The number of likely N-dealkylation sites (N-methyl/N-ethyl adjacent to an activating group) is 1. The highest BCUT2D eigenvalue weighted by Gasteiger charge is 2.44. The van der Waals surface area contributed by atoms with E-state index in [4.69, 9.17) is 40.0 Å². The Kier molecular flexibility index (Phi) is 10.3. The summed E-state index contributed by atoms with van der Waals surface area (Å²) in [5.41, 5.74) is 7.19. The lowest BCUT2D eigenvalue weighted by Gasteiger charge is -2.48. The second-order valence-corrected chi connectivity index (χ2v) is 16.3. The molecule has 1 unspecified atom stereocenters. The van der Waals surface area contributed by atoms with Gasteiger partial charge in [0.15, 0.2) is 34.5 Å². The molecule has 314 valence electrons. The SMILES string of the molecule is COc1cc2c3cc1Oc1ccc(cc1)CC1c4cc(c(OC)cc4CCN1C)Oc1c(OC(=O)c4ccccc4)c(OC)cc4c1[C@H](C3)N(CC4)N2C(=O)c1ccccc1Cl. The summed E-state index contributed by atoms with van der Waals surface area (Å²) in [5.74, 6) is 2.41. The fourth-order valence-electron chi connectivity index (χ4n) is 9.32. The molecule has 2 atom stereocenters. The van der Waals surface area contributed by atoms with Crippen molar-refractivity contribution in [2.45, 2.75) is 37.8 Å². The van der Waals surface area contributed by atoms with Gasteiger partial charge >= 0.3 is 5.97 Å². The van der Waals surface area contributed by atoms with E-state index in [1.165, 1.54) is 5.56 Å². The maximum Gasteiger partial charge on any atom is 0.343 e. The van der Waals surface area contributed by atoms with Gasteiger partial charge in [-0.3, -0.25) is 9.69 Å². The van der Waals surface area contributed by atoms with Crippen molar-refractivity contribution in [1.29, 1.82) is 0 Å². The molecule has 7 bridgehead atoms. The number of rotatable bonds is 6. The molecule has 0 saturated carbocycles. The van der Waals surface area contributed by atoms with Crippen LogP contribution in [0.4, 0.5) is 5.69 Å². The highest BCUT2D eigenvalue weighted by molar-refractivity contribution is 6.34. The quantitative estimate of drug-likeness (QED) is 0.119. The molecule has 0 spiro atoms. The van der Waals surface area contributed by atoms with E-state index in [9.17, 15) is 4.79 Å². The van der Waals surface area contributed by atoms with Crippen molar-refractivity contribution < 1.29 is 38.0 Å². The Balaban J connectivity index is 1.25. The van der Waals surface area contributed by atoms with Crippen LogP contribution in [-0.4, -0.2) is 63.3 Å². The fraction of sp³-hybridized carbons (Fsp3) is 0.240. The lowest BCUT2D eigenvalue weighted by Crippen LogP contribution is -2.54. The van der Waals surface area contributed by atoms with Crippen molar-refractivity contribution in [2.24, 2.45) is 0 Å². The molecule has 0 aliphatic carbocycles. The normalized spacial score (nSPS) is 17.6. The Morgan fingerprint density at radius 3 is 2.15 bits per heavy atom. The second kappa shape index (κ2) is 16.1. The maximum absolute atomic E-state index is 15.0. The topological polar surface area (TPSA) is 99.2 Å². The van der Waals surface area contributed by atoms with Gasteiger partial charge < -0.3 is 28.4 Å². The highest BCUT2D eigenvalue weighted by Crippen LogP contribution is 2.55. The Labute approximate surface area is 364 Å². The molecule has 1 amide bonds. The molecule has 0 saturated heterocycles. The lowest BCUT2D eigenvalue weighted by molar-refractivity contribution is 0.0722. The van der Waals surface area contributed by atoms with Crippen LogP contribution >= 0.6 is 11.6 Å². The van der Waals surface area contributed by atoms with Crippen molar-refractivity contribution in [2.75, 3.05) is 46.5 Å². The van der Waals surface area contributed by atoms with E-state index in [0.29, 0.717) is 75.7 Å². The third kappa shape index (κ3) is 6.86. The maximum atomic E-state index is 15.0. The van der Waals surface area contributed by atoms with Crippen LogP contribution in [0.2, 0.25) is 5.02 Å². The van der Waals surface area contributed by atoms with E-state index in [2.05, 4.69) is 36.2 Å². The number of halogens is 1. The van der Waals surface area contributed by atoms with Crippen LogP contribution in [0.25, 0.3) is 0 Å². The largest absolute Gasteiger partial charge is 0.493 e. The molecule has 6 aromatic carbocycles. The van der Waals surface area contributed by atoms with Crippen molar-refractivity contribution in [3.05, 3.63) is 159 Å². The van der Waals surface area contributed by atoms with E-state index in [1.54, 1.807) is 74.9 Å². The van der Waals surface area contributed by atoms with Gasteiger partial charge in [0.25, 0.3) is 5.91 Å². The predicted octanol–water partition coefficient (Wildman–Crippen LogP) is 9.97. The summed E-state index contributed by atoms with van der Waals surface area (Å²) in [6, 6.07) is 33.3. The summed E-state index contributed by atoms with van der Waals surface area (Å²) in [4.78, 5) is 31.4. The lowest BCUT2D eigenvalue weighted by atomic mass is 9.85. The van der Waals surface area contributed by atoms with E-state index in [-0.39, 0.29) is 23.4 Å². The van der Waals surface area contributed by atoms with Crippen molar-refractivity contribution in [3.63, 3.8) is 0 Å². The van der Waals surface area contributed by atoms with Gasteiger partial charge in [-0.05, 0) is 121 Å². The minimum absolute atomic E-state index is 0.0145. The molecule has 62 heavy (non-hydrogen) atoms. The number of esters is 1. The molecule has 11 rings (SSSR count).